The van der Waals surface area contributed by atoms with Crippen molar-refractivity contribution in [3.8, 4) is 0 Å². The topological polar surface area (TPSA) is 0 Å². The zero-order valence-electron chi connectivity index (χ0n) is 22.7. The summed E-state index contributed by atoms with van der Waals surface area (Å²) >= 11 is 0. The summed E-state index contributed by atoms with van der Waals surface area (Å²) in [5, 5.41) is 0. The van der Waals surface area contributed by atoms with Gasteiger partial charge in [0.2, 0.25) is 0 Å². The summed E-state index contributed by atoms with van der Waals surface area (Å²) in [7, 11) is 0. The van der Waals surface area contributed by atoms with Crippen LogP contribution in [0, 0.1) is 0 Å². The van der Waals surface area contributed by atoms with E-state index in [0.29, 0.717) is 0 Å². The second kappa shape index (κ2) is 30.5. The van der Waals surface area contributed by atoms with Crippen molar-refractivity contribution in [3.63, 3.8) is 0 Å². The average Bonchev–Trinajstić information content (AvgIpc) is 2.81. The quantitative estimate of drug-likeness (QED) is 0.0868. The van der Waals surface area contributed by atoms with Crippen LogP contribution >= 0.6 is 0 Å². The molecule has 32 heavy (non-hydrogen) atoms. The molecule has 0 saturated heterocycles. The molecule has 0 aliphatic heterocycles. The van der Waals surface area contributed by atoms with Gasteiger partial charge in [0.25, 0.3) is 0 Å². The molecule has 190 valence electrons. The lowest BCUT2D eigenvalue weighted by Gasteiger charge is -2.04. The van der Waals surface area contributed by atoms with E-state index in [1.807, 2.05) is 0 Å². The van der Waals surface area contributed by atoms with Gasteiger partial charge < -0.3 is 0 Å². The molecule has 0 unspecified atom stereocenters. The summed E-state index contributed by atoms with van der Waals surface area (Å²) < 4.78 is 0. The molecule has 0 atom stereocenters. The Labute approximate surface area is 205 Å². The van der Waals surface area contributed by atoms with Crippen LogP contribution in [0.5, 0.6) is 0 Å². The van der Waals surface area contributed by atoms with E-state index in [-0.39, 0.29) is 0 Å². The molecule has 0 nitrogen and oxygen atoms in total. The van der Waals surface area contributed by atoms with Crippen molar-refractivity contribution in [2.75, 3.05) is 0 Å². The van der Waals surface area contributed by atoms with E-state index in [4.69, 9.17) is 0 Å². The van der Waals surface area contributed by atoms with Crippen LogP contribution in [0.3, 0.4) is 0 Å². The van der Waals surface area contributed by atoms with Crippen LogP contribution in [0.25, 0.3) is 0 Å². The maximum Gasteiger partial charge on any atom is -0.0169 e. The Morgan fingerprint density at radius 3 is 0.875 bits per heavy atom. The highest BCUT2D eigenvalue weighted by molar-refractivity contribution is 4.92. The fourth-order valence-electron chi connectivity index (χ4n) is 4.54. The minimum atomic E-state index is 1.13. The maximum absolute atomic E-state index is 2.39. The monoisotopic (exact) mass is 446 g/mol. The lowest BCUT2D eigenvalue weighted by Crippen LogP contribution is -1.84. The Bertz CT molecular complexity index is 364. The molecule has 0 amide bonds. The van der Waals surface area contributed by atoms with Crippen molar-refractivity contribution in [3.05, 3.63) is 24.3 Å². The van der Waals surface area contributed by atoms with E-state index >= 15 is 0 Å². The fourth-order valence-corrected chi connectivity index (χ4v) is 4.54. The predicted octanol–water partition coefficient (Wildman–Crippen LogP) is 12.3. The lowest BCUT2D eigenvalue weighted by molar-refractivity contribution is 0.522. The van der Waals surface area contributed by atoms with Crippen molar-refractivity contribution >= 4 is 0 Å². The summed E-state index contributed by atoms with van der Waals surface area (Å²) in [4.78, 5) is 0. The molecule has 0 bridgehead atoms. The van der Waals surface area contributed by atoms with Gasteiger partial charge in [0.05, 0.1) is 0 Å². The Morgan fingerprint density at radius 2 is 0.531 bits per heavy atom. The Balaban J connectivity index is 3.08. The molecule has 0 aromatic carbocycles. The normalized spacial score (nSPS) is 11.9. The van der Waals surface area contributed by atoms with Crippen molar-refractivity contribution in [2.45, 2.75) is 181 Å². The van der Waals surface area contributed by atoms with E-state index in [1.165, 1.54) is 161 Å². The van der Waals surface area contributed by atoms with Crippen LogP contribution in [-0.4, -0.2) is 0 Å². The van der Waals surface area contributed by atoms with Gasteiger partial charge in [-0.25, -0.2) is 0 Å². The van der Waals surface area contributed by atoms with Crippen LogP contribution in [0.2, 0.25) is 0 Å². The first kappa shape index (κ1) is 31.5. The van der Waals surface area contributed by atoms with E-state index in [9.17, 15) is 0 Å². The molecule has 0 heterocycles. The standard InChI is InChI=1S/C32H62/c1-3-5-7-9-11-13-15-17-19-21-23-25-27-29-31-32-30-28-26-24-22-20-18-16-14-12-10-8-6-4-2/h11,13,17,19H,3-10,12,14-16,18,20-32H2,1-2H3/b13-11-,19-17-. The number of unbranched alkanes of at least 4 members (excludes halogenated alkanes) is 23. The Kier molecular flexibility index (Phi) is 30.0. The summed E-state index contributed by atoms with van der Waals surface area (Å²) in [6.07, 6.45) is 46.4. The third-order valence-corrected chi connectivity index (χ3v) is 6.80. The van der Waals surface area contributed by atoms with Gasteiger partial charge in [0.15, 0.2) is 0 Å². The minimum absolute atomic E-state index is 1.13. The predicted molar refractivity (Wildman–Crippen MR) is 150 cm³/mol. The first-order valence-corrected chi connectivity index (χ1v) is 15.2. The largest absolute Gasteiger partial charge is 0.0882 e. The van der Waals surface area contributed by atoms with Gasteiger partial charge in [-0.15, -0.1) is 0 Å². The number of hydrogen-bond donors (Lipinski definition) is 0. The number of rotatable bonds is 27. The molecule has 0 aromatic heterocycles. The van der Waals surface area contributed by atoms with Gasteiger partial charge in [-0.2, -0.15) is 0 Å². The number of hydrogen-bond acceptors (Lipinski definition) is 0. The molecule has 0 heteroatoms. The summed E-state index contributed by atoms with van der Waals surface area (Å²) in [5.41, 5.74) is 0. The van der Waals surface area contributed by atoms with E-state index < -0.39 is 0 Å². The highest BCUT2D eigenvalue weighted by atomic mass is 14.0. The van der Waals surface area contributed by atoms with Gasteiger partial charge in [0, 0.05) is 0 Å². The van der Waals surface area contributed by atoms with Gasteiger partial charge in [-0.1, -0.05) is 173 Å². The molecule has 0 saturated carbocycles. The first-order valence-electron chi connectivity index (χ1n) is 15.2. The van der Waals surface area contributed by atoms with E-state index in [2.05, 4.69) is 38.2 Å². The maximum atomic E-state index is 2.39. The Morgan fingerprint density at radius 1 is 0.281 bits per heavy atom. The molecular formula is C32H62. The van der Waals surface area contributed by atoms with Crippen LogP contribution in [0.4, 0.5) is 0 Å². The highest BCUT2D eigenvalue weighted by Gasteiger charge is 1.95. The fraction of sp³-hybridized carbons (Fsp3) is 0.875. The van der Waals surface area contributed by atoms with Crippen LogP contribution in [-0.2, 0) is 0 Å². The molecule has 0 aliphatic carbocycles. The molecule has 0 aliphatic rings. The van der Waals surface area contributed by atoms with Crippen molar-refractivity contribution in [1.29, 1.82) is 0 Å². The van der Waals surface area contributed by atoms with Crippen molar-refractivity contribution in [2.24, 2.45) is 0 Å². The van der Waals surface area contributed by atoms with Crippen molar-refractivity contribution < 1.29 is 0 Å². The second-order valence-electron chi connectivity index (χ2n) is 10.2. The van der Waals surface area contributed by atoms with Gasteiger partial charge >= 0.3 is 0 Å². The van der Waals surface area contributed by atoms with Crippen LogP contribution in [0.1, 0.15) is 181 Å². The van der Waals surface area contributed by atoms with E-state index in [0.717, 1.165) is 6.42 Å². The molecule has 0 N–H and O–H groups in total. The summed E-state index contributed by atoms with van der Waals surface area (Å²) in [6, 6.07) is 0. The van der Waals surface area contributed by atoms with Crippen molar-refractivity contribution in [1.82, 2.24) is 0 Å². The van der Waals surface area contributed by atoms with E-state index in [1.54, 1.807) is 0 Å². The molecule has 0 fully saturated rings. The summed E-state index contributed by atoms with van der Waals surface area (Å²) in [5.74, 6) is 0. The average molecular weight is 447 g/mol. The molecule has 0 aromatic rings. The molecular weight excluding hydrogens is 384 g/mol. The lowest BCUT2D eigenvalue weighted by atomic mass is 10.0. The third kappa shape index (κ3) is 29.5. The number of allylic oxidation sites excluding steroid dienone is 4. The Hall–Kier alpha value is -0.520. The summed E-state index contributed by atoms with van der Waals surface area (Å²) in [6.45, 7) is 4.57. The zero-order chi connectivity index (χ0) is 23.2. The van der Waals surface area contributed by atoms with Gasteiger partial charge in [-0.3, -0.25) is 0 Å². The van der Waals surface area contributed by atoms with Gasteiger partial charge in [-0.05, 0) is 32.1 Å². The molecule has 0 radical (unpaired) electrons. The van der Waals surface area contributed by atoms with Crippen LogP contribution < -0.4 is 0 Å². The smallest absolute Gasteiger partial charge is 0.0169 e. The highest BCUT2D eigenvalue weighted by Crippen LogP contribution is 2.15. The first-order chi connectivity index (χ1) is 15.9. The SMILES string of the molecule is CCCCC/C=C\C/C=C\CCCCCCCCCCCCCCCCCCCCCC. The third-order valence-electron chi connectivity index (χ3n) is 6.80. The molecule has 0 rings (SSSR count). The molecule has 0 spiro atoms. The van der Waals surface area contributed by atoms with Crippen LogP contribution in [0.15, 0.2) is 24.3 Å². The van der Waals surface area contributed by atoms with Gasteiger partial charge in [0.1, 0.15) is 0 Å². The zero-order valence-corrected chi connectivity index (χ0v) is 22.7. The second-order valence-corrected chi connectivity index (χ2v) is 10.2. The minimum Gasteiger partial charge on any atom is -0.0882 e.